The molecule has 1 aromatic carbocycles. The minimum atomic E-state index is -2.68. The van der Waals surface area contributed by atoms with E-state index in [1.807, 2.05) is 0 Å². The van der Waals surface area contributed by atoms with Crippen LogP contribution < -0.4 is 20.5 Å². The molecular weight excluding hydrogens is 446 g/mol. The van der Waals surface area contributed by atoms with Crippen LogP contribution in [0.5, 0.6) is 11.5 Å². The van der Waals surface area contributed by atoms with Crippen LogP contribution in [0.1, 0.15) is 68.2 Å². The average molecular weight is 486 g/mol. The highest BCUT2D eigenvalue weighted by Crippen LogP contribution is 2.50. The fraction of sp³-hybridized carbons (Fsp3) is 0.500. The minimum Gasteiger partial charge on any atom is -0.496 e. The molecule has 5 rings (SSSR count). The summed E-state index contributed by atoms with van der Waals surface area (Å²) in [4.78, 5) is 26.7. The maximum Gasteiger partial charge on any atom is 0.254 e. The van der Waals surface area contributed by atoms with Crippen molar-refractivity contribution < 1.29 is 27.3 Å². The zero-order valence-corrected chi connectivity index (χ0v) is 19.6. The second-order valence-electron chi connectivity index (χ2n) is 9.39. The van der Waals surface area contributed by atoms with E-state index in [0.717, 1.165) is 19.3 Å². The van der Waals surface area contributed by atoms with Crippen LogP contribution in [0.2, 0.25) is 0 Å². The van der Waals surface area contributed by atoms with E-state index in [0.29, 0.717) is 55.2 Å². The van der Waals surface area contributed by atoms with Gasteiger partial charge in [-0.1, -0.05) is 6.53 Å². The smallest absolute Gasteiger partial charge is 0.254 e. The summed E-state index contributed by atoms with van der Waals surface area (Å²) in [5, 5.41) is 8.10. The Balaban J connectivity index is 1.50. The van der Waals surface area contributed by atoms with Crippen LogP contribution in [-0.4, -0.2) is 60.3 Å². The molecular formula is C26H33N5O4. The zero-order chi connectivity index (χ0) is 29.6. The molecule has 3 aliphatic rings. The quantitative estimate of drug-likeness (QED) is 0.582. The number of rotatable bonds is 7. The highest BCUT2D eigenvalue weighted by atomic mass is 16.5. The molecule has 2 fully saturated rings. The second-order valence-corrected chi connectivity index (χ2v) is 9.39. The van der Waals surface area contributed by atoms with E-state index < -0.39 is 31.4 Å². The second kappa shape index (κ2) is 9.28. The Morgan fingerprint density at radius 2 is 2.00 bits per heavy atom. The van der Waals surface area contributed by atoms with Gasteiger partial charge in [0, 0.05) is 30.8 Å². The number of methoxy groups -OCH3 is 2. The standard InChI is InChI=1S/C26H33N5O4/c1-4-21(32)30-11-8-15(9-12-30)18-7-10-28-26-23(25(27)33)24(29-31(18)26)17-13-19(34-2)22(16-5-6-16)20(14-17)35-3/h4,13-16,18,28H,1,5-12H2,2-3H3,(H2,27,33)/i1D2,2D3,4D. The normalized spacial score (nSPS) is 22.8. The van der Waals surface area contributed by atoms with Gasteiger partial charge in [0.15, 0.2) is 0 Å². The molecule has 1 unspecified atom stereocenters. The third-order valence-electron chi connectivity index (χ3n) is 7.37. The molecule has 3 heterocycles. The summed E-state index contributed by atoms with van der Waals surface area (Å²) in [7, 11) is -1.18. The molecule has 2 aromatic rings. The molecule has 3 N–H and O–H groups in total. The number of nitrogens with zero attached hydrogens (tertiary/aromatic N) is 3. The van der Waals surface area contributed by atoms with Crippen molar-refractivity contribution in [3.63, 3.8) is 0 Å². The number of carbonyl (C=O) groups is 2. The summed E-state index contributed by atoms with van der Waals surface area (Å²) in [6.45, 7) is 0.528. The topological polar surface area (TPSA) is 112 Å². The number of aromatic nitrogens is 2. The van der Waals surface area contributed by atoms with Gasteiger partial charge in [0.2, 0.25) is 5.91 Å². The monoisotopic (exact) mass is 485 g/mol. The third-order valence-corrected chi connectivity index (χ3v) is 7.37. The first-order chi connectivity index (χ1) is 19.4. The van der Waals surface area contributed by atoms with E-state index in [9.17, 15) is 9.59 Å². The van der Waals surface area contributed by atoms with Crippen molar-refractivity contribution in [3.05, 3.63) is 35.8 Å². The van der Waals surface area contributed by atoms with Gasteiger partial charge in [0.1, 0.15) is 28.6 Å². The van der Waals surface area contributed by atoms with E-state index in [-0.39, 0.29) is 34.9 Å². The molecule has 0 radical (unpaired) electrons. The molecule has 1 aromatic heterocycles. The Labute approximate surface area is 213 Å². The summed E-state index contributed by atoms with van der Waals surface area (Å²) < 4.78 is 58.1. The van der Waals surface area contributed by atoms with E-state index in [2.05, 4.69) is 5.32 Å². The molecule has 35 heavy (non-hydrogen) atoms. The van der Waals surface area contributed by atoms with Gasteiger partial charge in [0.25, 0.3) is 5.91 Å². The first-order valence-corrected chi connectivity index (χ1v) is 11.9. The van der Waals surface area contributed by atoms with Crippen LogP contribution in [0.15, 0.2) is 24.7 Å². The Morgan fingerprint density at radius 3 is 2.63 bits per heavy atom. The Morgan fingerprint density at radius 1 is 1.26 bits per heavy atom. The van der Waals surface area contributed by atoms with Crippen LogP contribution in [0, 0.1) is 5.92 Å². The van der Waals surface area contributed by atoms with Crippen LogP contribution in [-0.2, 0) is 4.79 Å². The van der Waals surface area contributed by atoms with Crippen LogP contribution in [0.3, 0.4) is 0 Å². The van der Waals surface area contributed by atoms with E-state index in [4.69, 9.17) is 28.5 Å². The predicted molar refractivity (Wildman–Crippen MR) is 133 cm³/mol. The number of nitrogens with one attached hydrogen (secondary N) is 1. The van der Waals surface area contributed by atoms with Crippen LogP contribution in [0.25, 0.3) is 11.3 Å². The maximum atomic E-state index is 12.8. The number of anilines is 1. The number of likely N-dealkylation sites (tertiary alicyclic amines) is 1. The van der Waals surface area contributed by atoms with Gasteiger partial charge >= 0.3 is 0 Å². The van der Waals surface area contributed by atoms with Crippen molar-refractivity contribution in [2.24, 2.45) is 11.7 Å². The first-order valence-electron chi connectivity index (χ1n) is 14.9. The van der Waals surface area contributed by atoms with Gasteiger partial charge in [0.05, 0.1) is 28.4 Å². The first kappa shape index (κ1) is 17.0. The largest absolute Gasteiger partial charge is 0.496 e. The lowest BCUT2D eigenvalue weighted by Crippen LogP contribution is -2.41. The van der Waals surface area contributed by atoms with Gasteiger partial charge in [-0.15, -0.1) is 0 Å². The summed E-state index contributed by atoms with van der Waals surface area (Å²) in [6.07, 6.45) is 3.74. The summed E-state index contributed by atoms with van der Waals surface area (Å²) >= 11 is 0. The number of nitrogens with two attached hydrogens (primary N) is 1. The lowest BCUT2D eigenvalue weighted by molar-refractivity contribution is -0.127. The summed E-state index contributed by atoms with van der Waals surface area (Å²) in [5.74, 6) is 0.0331. The van der Waals surface area contributed by atoms with Gasteiger partial charge in [-0.2, -0.15) is 5.10 Å². The predicted octanol–water partition coefficient (Wildman–Crippen LogP) is 3.32. The number of hydrogen-bond donors (Lipinski definition) is 2. The minimum absolute atomic E-state index is 0.102. The highest BCUT2D eigenvalue weighted by Gasteiger charge is 2.37. The lowest BCUT2D eigenvalue weighted by Gasteiger charge is -2.38. The highest BCUT2D eigenvalue weighted by molar-refractivity contribution is 6.04. The molecule has 1 atom stereocenters. The molecule has 1 saturated heterocycles. The molecule has 9 heteroatoms. The van der Waals surface area contributed by atoms with Gasteiger partial charge in [-0.05, 0) is 62.1 Å². The molecule has 1 aliphatic carbocycles. The van der Waals surface area contributed by atoms with Crippen LogP contribution >= 0.6 is 0 Å². The molecule has 1 saturated carbocycles. The molecule has 2 amide bonds. The number of carbonyl (C=O) groups excluding carboxylic acids is 2. The van der Waals surface area contributed by atoms with Crippen molar-refractivity contribution in [3.8, 4) is 22.8 Å². The number of primary amides is 1. The zero-order valence-electron chi connectivity index (χ0n) is 25.6. The van der Waals surface area contributed by atoms with E-state index >= 15 is 0 Å². The third kappa shape index (κ3) is 4.13. The average Bonchev–Trinajstić information content (AvgIpc) is 3.68. The molecule has 9 nitrogen and oxygen atoms in total. The van der Waals surface area contributed by atoms with Crippen molar-refractivity contribution in [1.82, 2.24) is 14.7 Å². The number of hydrogen-bond acceptors (Lipinski definition) is 6. The van der Waals surface area contributed by atoms with Crippen molar-refractivity contribution in [1.29, 1.82) is 0 Å². The van der Waals surface area contributed by atoms with E-state index in [1.54, 1.807) is 16.8 Å². The number of piperidine rings is 1. The Bertz CT molecular complexity index is 1390. The van der Waals surface area contributed by atoms with Gasteiger partial charge in [-0.3, -0.25) is 9.59 Å². The molecule has 186 valence electrons. The molecule has 0 bridgehead atoms. The molecule has 2 aliphatic heterocycles. The lowest BCUT2D eigenvalue weighted by atomic mass is 9.87. The number of benzene rings is 1. The van der Waals surface area contributed by atoms with Crippen molar-refractivity contribution in [2.45, 2.75) is 44.1 Å². The fourth-order valence-corrected chi connectivity index (χ4v) is 5.51. The summed E-state index contributed by atoms with van der Waals surface area (Å²) in [5.41, 5.74) is 7.47. The number of ether oxygens (including phenoxy) is 2. The van der Waals surface area contributed by atoms with Gasteiger partial charge in [-0.25, -0.2) is 4.68 Å². The summed E-state index contributed by atoms with van der Waals surface area (Å²) in [6, 6.07) is 2.59. The molecule has 0 spiro atoms. The SMILES string of the molecule is [2H]C([2H])=C([2H])C(=O)N1CCC(C2CCNc3c(C(N)=O)c(-c4cc(OC)c(C5CC5)c(OC([2H])([2H])[2H])c4)nn32)CC1. The number of fused-ring (bicyclic) bond motifs is 1. The van der Waals surface area contributed by atoms with E-state index in [1.165, 1.54) is 12.0 Å². The fourth-order valence-electron chi connectivity index (χ4n) is 5.51. The Kier molecular flexibility index (Phi) is 4.51. The Hall–Kier alpha value is -3.49. The maximum absolute atomic E-state index is 12.8. The van der Waals surface area contributed by atoms with Crippen molar-refractivity contribution >= 4 is 17.6 Å². The van der Waals surface area contributed by atoms with Crippen molar-refractivity contribution in [2.75, 3.05) is 39.1 Å². The van der Waals surface area contributed by atoms with Gasteiger partial charge < -0.3 is 25.4 Å². The van der Waals surface area contributed by atoms with Crippen LogP contribution in [0.4, 0.5) is 5.82 Å². The number of amides is 2.